The summed E-state index contributed by atoms with van der Waals surface area (Å²) >= 11 is 0. The van der Waals surface area contributed by atoms with Crippen LogP contribution in [0.15, 0.2) is 30.5 Å². The van der Waals surface area contributed by atoms with Gasteiger partial charge in [0.05, 0.1) is 25.1 Å². The molecule has 2 fully saturated rings. The van der Waals surface area contributed by atoms with Gasteiger partial charge in [0.25, 0.3) is 0 Å². The first-order chi connectivity index (χ1) is 15.9. The Kier molecular flexibility index (Phi) is 9.17. The molecular formula is C27H39N3O2. The zero-order valence-electron chi connectivity index (χ0n) is 19.5. The topological polar surface area (TPSA) is 57.1 Å². The van der Waals surface area contributed by atoms with E-state index in [-0.39, 0.29) is 0 Å². The Hall–Kier alpha value is -2.17. The molecule has 0 N–H and O–H groups in total. The zero-order valence-corrected chi connectivity index (χ0v) is 19.5. The maximum atomic E-state index is 5.83. The van der Waals surface area contributed by atoms with Gasteiger partial charge in [0.15, 0.2) is 0 Å². The van der Waals surface area contributed by atoms with Gasteiger partial charge in [-0.1, -0.05) is 77.0 Å². The number of pyridine rings is 1. The number of hydrogen-bond donors (Lipinski definition) is 0. The normalized spacial score (nSPS) is 15.6. The van der Waals surface area contributed by atoms with Gasteiger partial charge in [-0.25, -0.2) is 0 Å². The summed E-state index contributed by atoms with van der Waals surface area (Å²) in [4.78, 5) is 4.49. The first-order valence-electron chi connectivity index (χ1n) is 12.9. The Bertz CT molecular complexity index is 703. The number of unbranched alkanes of at least 4 members (excludes halogenated alkanes) is 6. The molecular weight excluding hydrogens is 398 g/mol. The van der Waals surface area contributed by atoms with Crippen molar-refractivity contribution < 1.29 is 9.47 Å². The molecule has 2 aliphatic carbocycles. The van der Waals surface area contributed by atoms with E-state index in [1.54, 1.807) is 6.20 Å². The summed E-state index contributed by atoms with van der Waals surface area (Å²) in [6, 6.07) is 7.70. The summed E-state index contributed by atoms with van der Waals surface area (Å²) in [6.45, 7) is 1.47. The third-order valence-electron chi connectivity index (χ3n) is 6.56. The van der Waals surface area contributed by atoms with Crippen LogP contribution in [0.3, 0.4) is 0 Å². The Morgan fingerprint density at radius 1 is 0.625 bits per heavy atom. The van der Waals surface area contributed by atoms with Crippen LogP contribution in [0.1, 0.15) is 89.9 Å². The molecule has 2 aromatic heterocycles. The van der Waals surface area contributed by atoms with E-state index >= 15 is 0 Å². The smallest absolute Gasteiger partial charge is 0.233 e. The lowest BCUT2D eigenvalue weighted by molar-refractivity contribution is 0.290. The van der Waals surface area contributed by atoms with Crippen LogP contribution in [-0.4, -0.2) is 28.4 Å². The van der Waals surface area contributed by atoms with Crippen molar-refractivity contribution in [3.05, 3.63) is 30.5 Å². The van der Waals surface area contributed by atoms with E-state index in [1.807, 2.05) is 24.3 Å². The lowest BCUT2D eigenvalue weighted by Crippen LogP contribution is -2.01. The summed E-state index contributed by atoms with van der Waals surface area (Å²) in [5, 5.41) is 8.47. The third-order valence-corrected chi connectivity index (χ3v) is 6.56. The van der Waals surface area contributed by atoms with Crippen LogP contribution in [0, 0.1) is 11.8 Å². The third kappa shape index (κ3) is 8.76. The zero-order chi connectivity index (χ0) is 21.8. The molecule has 2 heterocycles. The van der Waals surface area contributed by atoms with Gasteiger partial charge in [-0.05, 0) is 42.9 Å². The van der Waals surface area contributed by atoms with Crippen molar-refractivity contribution >= 4 is 0 Å². The largest absolute Gasteiger partial charge is 0.492 e. The average Bonchev–Trinajstić information content (AvgIpc) is 3.74. The summed E-state index contributed by atoms with van der Waals surface area (Å²) in [7, 11) is 0. The molecule has 0 aromatic carbocycles. The summed E-state index contributed by atoms with van der Waals surface area (Å²) in [5.74, 6) is 3.51. The molecule has 2 aliphatic rings. The Labute approximate surface area is 193 Å². The lowest BCUT2D eigenvalue weighted by Gasteiger charge is -2.07. The molecule has 0 saturated heterocycles. The van der Waals surface area contributed by atoms with Crippen LogP contribution in [0.25, 0.3) is 11.4 Å². The minimum Gasteiger partial charge on any atom is -0.492 e. The van der Waals surface area contributed by atoms with Crippen LogP contribution >= 0.6 is 0 Å². The maximum absolute atomic E-state index is 5.83. The van der Waals surface area contributed by atoms with E-state index in [0.29, 0.717) is 12.5 Å². The minimum absolute atomic E-state index is 0.587. The van der Waals surface area contributed by atoms with Gasteiger partial charge in [0.2, 0.25) is 5.88 Å². The Morgan fingerprint density at radius 3 is 1.81 bits per heavy atom. The van der Waals surface area contributed by atoms with E-state index in [0.717, 1.165) is 48.4 Å². The van der Waals surface area contributed by atoms with E-state index in [9.17, 15) is 0 Å². The van der Waals surface area contributed by atoms with Crippen LogP contribution in [0.2, 0.25) is 0 Å². The van der Waals surface area contributed by atoms with Gasteiger partial charge in [0.1, 0.15) is 11.4 Å². The molecule has 5 nitrogen and oxygen atoms in total. The lowest BCUT2D eigenvalue weighted by atomic mass is 10.1. The second-order valence-electron chi connectivity index (χ2n) is 9.63. The fourth-order valence-electron chi connectivity index (χ4n) is 4.11. The number of aromatic nitrogens is 3. The van der Waals surface area contributed by atoms with Crippen LogP contribution in [0.4, 0.5) is 0 Å². The molecule has 0 atom stereocenters. The maximum Gasteiger partial charge on any atom is 0.233 e. The number of rotatable bonds is 17. The highest BCUT2D eigenvalue weighted by atomic mass is 16.5. The monoisotopic (exact) mass is 437 g/mol. The molecule has 2 aromatic rings. The van der Waals surface area contributed by atoms with Crippen molar-refractivity contribution in [2.45, 2.75) is 89.9 Å². The molecule has 0 spiro atoms. The molecule has 0 amide bonds. The van der Waals surface area contributed by atoms with Crippen LogP contribution in [-0.2, 0) is 0 Å². The molecule has 32 heavy (non-hydrogen) atoms. The van der Waals surface area contributed by atoms with Crippen LogP contribution in [0.5, 0.6) is 11.6 Å². The SMILES string of the molecule is c1cc(-c2ccc(OCCCCCCC3CC3)nn2)ncc1OCCCCCCC1CC1. The van der Waals surface area contributed by atoms with Crippen molar-refractivity contribution in [1.82, 2.24) is 15.2 Å². The molecule has 5 heteroatoms. The molecule has 174 valence electrons. The van der Waals surface area contributed by atoms with Gasteiger partial charge < -0.3 is 9.47 Å². The highest BCUT2D eigenvalue weighted by Crippen LogP contribution is 2.34. The average molecular weight is 438 g/mol. The summed E-state index contributed by atoms with van der Waals surface area (Å²) in [5.41, 5.74) is 1.55. The molecule has 2 saturated carbocycles. The molecule has 0 bridgehead atoms. The Morgan fingerprint density at radius 2 is 1.25 bits per heavy atom. The van der Waals surface area contributed by atoms with E-state index in [1.165, 1.54) is 77.0 Å². The molecule has 0 aliphatic heterocycles. The predicted octanol–water partition coefficient (Wildman–Crippen LogP) is 7.02. The second kappa shape index (κ2) is 12.8. The van der Waals surface area contributed by atoms with Crippen molar-refractivity contribution in [3.63, 3.8) is 0 Å². The van der Waals surface area contributed by atoms with Crippen molar-refractivity contribution in [2.24, 2.45) is 11.8 Å². The van der Waals surface area contributed by atoms with Gasteiger partial charge in [-0.2, -0.15) is 0 Å². The fraction of sp³-hybridized carbons (Fsp3) is 0.667. The van der Waals surface area contributed by atoms with E-state index < -0.39 is 0 Å². The minimum atomic E-state index is 0.587. The summed E-state index contributed by atoms with van der Waals surface area (Å²) < 4.78 is 11.6. The fourth-order valence-corrected chi connectivity index (χ4v) is 4.11. The summed E-state index contributed by atoms with van der Waals surface area (Å²) in [6.07, 6.45) is 20.6. The second-order valence-corrected chi connectivity index (χ2v) is 9.63. The highest BCUT2D eigenvalue weighted by Gasteiger charge is 2.20. The van der Waals surface area contributed by atoms with Crippen LogP contribution < -0.4 is 9.47 Å². The first kappa shape index (κ1) is 23.0. The highest BCUT2D eigenvalue weighted by molar-refractivity contribution is 5.54. The quantitative estimate of drug-likeness (QED) is 0.249. The number of nitrogens with zero attached hydrogens (tertiary/aromatic N) is 3. The van der Waals surface area contributed by atoms with E-state index in [4.69, 9.17) is 9.47 Å². The Balaban J connectivity index is 1.07. The van der Waals surface area contributed by atoms with Crippen molar-refractivity contribution in [1.29, 1.82) is 0 Å². The van der Waals surface area contributed by atoms with Gasteiger partial charge in [0, 0.05) is 6.07 Å². The molecule has 4 rings (SSSR count). The molecule has 0 unspecified atom stereocenters. The van der Waals surface area contributed by atoms with Gasteiger partial charge in [-0.15, -0.1) is 10.2 Å². The van der Waals surface area contributed by atoms with Crippen molar-refractivity contribution in [3.8, 4) is 23.0 Å². The first-order valence-corrected chi connectivity index (χ1v) is 12.9. The predicted molar refractivity (Wildman–Crippen MR) is 128 cm³/mol. The molecule has 0 radical (unpaired) electrons. The van der Waals surface area contributed by atoms with E-state index in [2.05, 4.69) is 15.2 Å². The standard InChI is InChI=1S/C27H39N3O2/c1(5-9-22-11-12-22)3-7-19-31-24-15-16-25(28-21-24)26-17-18-27(30-29-26)32-20-8-4-2-6-10-23-13-14-23/h15-18,21-23H,1-14,19-20H2. The number of hydrogen-bond acceptors (Lipinski definition) is 5. The van der Waals surface area contributed by atoms with Crippen molar-refractivity contribution in [2.75, 3.05) is 13.2 Å². The number of ether oxygens (including phenoxy) is 2. The van der Waals surface area contributed by atoms with Gasteiger partial charge in [-0.3, -0.25) is 4.98 Å². The van der Waals surface area contributed by atoms with Gasteiger partial charge >= 0.3 is 0 Å².